The highest BCUT2D eigenvalue weighted by Crippen LogP contribution is 2.46. The highest BCUT2D eigenvalue weighted by Gasteiger charge is 2.61. The van der Waals surface area contributed by atoms with E-state index in [4.69, 9.17) is 28.5 Å². The monoisotopic (exact) mass is 989 g/mol. The van der Waals surface area contributed by atoms with E-state index >= 15 is 0 Å². The zero-order valence-corrected chi connectivity index (χ0v) is 41.2. The number of allylic oxidation sites excluding steroid dienone is 2. The number of pyridine rings is 1. The van der Waals surface area contributed by atoms with E-state index in [1.165, 1.54) is 24.2 Å². The van der Waals surface area contributed by atoms with Gasteiger partial charge in [-0.1, -0.05) is 55.6 Å². The van der Waals surface area contributed by atoms with Crippen LogP contribution in [0.1, 0.15) is 124 Å². The molecule has 2 saturated carbocycles. The van der Waals surface area contributed by atoms with Crippen molar-refractivity contribution in [2.45, 2.75) is 165 Å². The minimum atomic E-state index is -1.46. The lowest BCUT2D eigenvalue weighted by molar-refractivity contribution is -0.145. The predicted molar refractivity (Wildman–Crippen MR) is 258 cm³/mol. The molecule has 17 heteroatoms. The fraction of sp³-hybridized carbons (Fsp3) is 0.660. The number of carboxylic acids is 1. The number of para-hydroxylation sites is 1. The second-order valence-corrected chi connectivity index (χ2v) is 21.2. The Hall–Kier alpha value is -4.19. The largest absolute Gasteiger partial charge is 0.491 e. The molecule has 3 amide bonds. The molecule has 8 rings (SSSR count). The number of rotatable bonds is 15. The maximum atomic E-state index is 14.8. The Morgan fingerprint density at radius 3 is 2.57 bits per heavy atom. The van der Waals surface area contributed by atoms with Crippen LogP contribution in [0, 0.1) is 11.8 Å². The lowest BCUT2D eigenvalue weighted by Crippen LogP contribution is -2.56. The van der Waals surface area contributed by atoms with E-state index in [1.54, 1.807) is 0 Å². The fourth-order valence-electron chi connectivity index (χ4n) is 9.96. The van der Waals surface area contributed by atoms with Crippen molar-refractivity contribution in [3.8, 4) is 11.6 Å². The van der Waals surface area contributed by atoms with Crippen molar-refractivity contribution < 1.29 is 47.8 Å². The number of hydrogen-bond acceptors (Lipinski definition) is 11. The van der Waals surface area contributed by atoms with E-state index in [2.05, 4.69) is 37.5 Å². The van der Waals surface area contributed by atoms with Crippen molar-refractivity contribution in [3.63, 3.8) is 0 Å². The van der Waals surface area contributed by atoms with Crippen LogP contribution in [0.15, 0.2) is 52.9 Å². The Kier molecular flexibility index (Phi) is 15.6. The molecule has 1 aromatic heterocycles. The number of fused-ring (bicyclic) bond motifs is 3. The zero-order valence-electron chi connectivity index (χ0n) is 39.6. The predicted octanol–water partition coefficient (Wildman–Crippen LogP) is 7.92. The van der Waals surface area contributed by atoms with E-state index in [1.807, 2.05) is 70.1 Å². The molecule has 5 heterocycles. The molecule has 67 heavy (non-hydrogen) atoms. The molecule has 2 aliphatic carbocycles. The first-order valence-electron chi connectivity index (χ1n) is 24.8. The number of aliphatic carboxylic acids is 1. The first-order chi connectivity index (χ1) is 32.1. The van der Waals surface area contributed by atoms with Crippen molar-refractivity contribution in [2.75, 3.05) is 32.8 Å². The van der Waals surface area contributed by atoms with Gasteiger partial charge in [-0.25, -0.2) is 14.6 Å². The molecule has 5 fully saturated rings. The number of carboxylic acid groups (broad SMARTS) is 1. The molecule has 0 unspecified atom stereocenters. The number of alkyl carbamates (subject to hydrolysis) is 1. The van der Waals surface area contributed by atoms with E-state index in [-0.39, 0.29) is 61.5 Å². The van der Waals surface area contributed by atoms with Crippen LogP contribution in [0.3, 0.4) is 0 Å². The number of carbonyl (C=O) groups is 4. The van der Waals surface area contributed by atoms with Crippen molar-refractivity contribution in [3.05, 3.63) is 52.9 Å². The summed E-state index contributed by atoms with van der Waals surface area (Å²) in [5, 5.41) is 16.9. The van der Waals surface area contributed by atoms with Gasteiger partial charge in [-0.15, -0.1) is 0 Å². The van der Waals surface area contributed by atoms with E-state index in [9.17, 15) is 24.3 Å². The van der Waals surface area contributed by atoms with Gasteiger partial charge in [-0.3, -0.25) is 9.59 Å². The van der Waals surface area contributed by atoms with E-state index in [0.717, 1.165) is 76.4 Å². The number of aromatic nitrogens is 1. The van der Waals surface area contributed by atoms with Crippen molar-refractivity contribution in [1.82, 2.24) is 25.4 Å². The summed E-state index contributed by atoms with van der Waals surface area (Å²) in [5.41, 5.74) is -1.57. The molecule has 15 nitrogen and oxygen atoms in total. The van der Waals surface area contributed by atoms with Gasteiger partial charge in [-0.05, 0) is 145 Å². The number of nitrogens with one attached hydrogen (secondary N) is 2. The summed E-state index contributed by atoms with van der Waals surface area (Å²) in [6.07, 6.45) is 16.0. The van der Waals surface area contributed by atoms with Crippen LogP contribution in [0.5, 0.6) is 11.6 Å². The number of nitrogens with zero attached hydrogens (tertiary/aromatic N) is 3. The van der Waals surface area contributed by atoms with Crippen LogP contribution in [0.2, 0.25) is 0 Å². The third kappa shape index (κ3) is 11.8. The van der Waals surface area contributed by atoms with E-state index < -0.39 is 47.6 Å². The van der Waals surface area contributed by atoms with Crippen molar-refractivity contribution in [2.24, 2.45) is 11.8 Å². The maximum Gasteiger partial charge on any atom is 0.486 e. The van der Waals surface area contributed by atoms with Gasteiger partial charge in [0.2, 0.25) is 17.7 Å². The third-order valence-corrected chi connectivity index (χ3v) is 15.6. The molecule has 0 spiro atoms. The summed E-state index contributed by atoms with van der Waals surface area (Å²) in [6, 6.07) is 5.63. The summed E-state index contributed by atoms with van der Waals surface area (Å²) in [7, 11) is -0.379. The van der Waals surface area contributed by atoms with Gasteiger partial charge in [0.1, 0.15) is 40.1 Å². The SMILES string of the molecule is CC1(C)OB(C=CCCC[C@@H]2C[C@H]2OC(=O)N[C@H]2CCCCCC=C[C@@H]3C[C@@]3(C(=O)O)NC(=O)[C@@H]3C[C@@H](Oc4nc5ccccc5c(OCCCN5CCCCC5)c4Br)CN3C2=O)OC1(C)C. The minimum Gasteiger partial charge on any atom is -0.491 e. The van der Waals surface area contributed by atoms with Gasteiger partial charge < -0.3 is 49.1 Å². The molecule has 0 radical (unpaired) electrons. The zero-order chi connectivity index (χ0) is 47.3. The molecule has 3 saturated heterocycles. The first-order valence-corrected chi connectivity index (χ1v) is 25.6. The third-order valence-electron chi connectivity index (χ3n) is 14.9. The molecular weight excluding hydrogens is 921 g/mol. The normalized spacial score (nSPS) is 29.7. The standard InChI is InChI=1S/C50H69BBrN5O10/c1-48(2)49(3,4)67-51(66-48)24-15-8-10-19-33-29-40(33)65-47(62)54-38-23-12-7-5-6-11-20-34-31-50(34,46(60)61)55-43(58)39-30-35(32-57(39)45(38)59)64-44-41(52)42(36-21-13-14-22-37(36)53-44)63-28-18-27-56-25-16-9-17-26-56/h11,13-15,20-22,24,33-35,38-40H,5-10,12,16-19,23,25-32H2,1-4H3,(H,54,62)(H,55,58)(H,60,61)/t33-,34-,35-,38+,39+,40-,50-/m1/s1. The molecule has 6 aliphatic rings. The number of ether oxygens (including phenoxy) is 3. The van der Waals surface area contributed by atoms with Gasteiger partial charge in [0, 0.05) is 24.3 Å². The van der Waals surface area contributed by atoms with Crippen LogP contribution in [0.4, 0.5) is 4.79 Å². The van der Waals surface area contributed by atoms with Crippen LogP contribution < -0.4 is 20.1 Å². The molecule has 3 N–H and O–H groups in total. The lowest BCUT2D eigenvalue weighted by Gasteiger charge is -2.32. The number of benzene rings is 1. The van der Waals surface area contributed by atoms with Gasteiger partial charge in [-0.2, -0.15) is 0 Å². The van der Waals surface area contributed by atoms with Crippen LogP contribution in [-0.4, -0.2) is 125 Å². The molecule has 0 bridgehead atoms. The maximum absolute atomic E-state index is 14.8. The summed E-state index contributed by atoms with van der Waals surface area (Å²) in [4.78, 5) is 64.1. The second-order valence-electron chi connectivity index (χ2n) is 20.4. The van der Waals surface area contributed by atoms with Crippen molar-refractivity contribution in [1.29, 1.82) is 0 Å². The van der Waals surface area contributed by atoms with E-state index in [0.29, 0.717) is 35.2 Å². The number of hydrogen-bond donors (Lipinski definition) is 3. The van der Waals surface area contributed by atoms with Gasteiger partial charge in [0.15, 0.2) is 0 Å². The summed E-state index contributed by atoms with van der Waals surface area (Å²) in [5.74, 6) is 0.562. The minimum absolute atomic E-state index is 0.00812. The summed E-state index contributed by atoms with van der Waals surface area (Å²) >= 11 is 3.74. The van der Waals surface area contributed by atoms with Crippen LogP contribution in [0.25, 0.3) is 10.9 Å². The smallest absolute Gasteiger partial charge is 0.486 e. The Bertz CT molecular complexity index is 2170. The van der Waals surface area contributed by atoms with Gasteiger partial charge >= 0.3 is 19.2 Å². The first kappa shape index (κ1) is 49.2. The number of carbonyl (C=O) groups excluding carboxylic acids is 3. The fourth-order valence-corrected chi connectivity index (χ4v) is 10.5. The Labute approximate surface area is 403 Å². The summed E-state index contributed by atoms with van der Waals surface area (Å²) < 4.78 is 31.6. The van der Waals surface area contributed by atoms with Crippen molar-refractivity contribution >= 4 is 57.8 Å². The van der Waals surface area contributed by atoms with Gasteiger partial charge in [0.05, 0.1) is 29.9 Å². The topological polar surface area (TPSA) is 178 Å². The second kappa shape index (κ2) is 21.2. The van der Waals surface area contributed by atoms with Gasteiger partial charge in [0.25, 0.3) is 0 Å². The number of amides is 3. The van der Waals surface area contributed by atoms with Crippen LogP contribution in [-0.2, 0) is 28.4 Å². The Balaban J connectivity index is 0.934. The summed E-state index contributed by atoms with van der Waals surface area (Å²) in [6.45, 7) is 11.8. The molecule has 364 valence electrons. The van der Waals surface area contributed by atoms with Crippen LogP contribution >= 0.6 is 15.9 Å². The Morgan fingerprint density at radius 2 is 1.79 bits per heavy atom. The molecular formula is C50H69BBrN5O10. The molecule has 2 aromatic rings. The molecule has 1 aromatic carbocycles. The highest BCUT2D eigenvalue weighted by molar-refractivity contribution is 9.10. The number of piperidine rings is 1. The number of halogens is 1. The lowest BCUT2D eigenvalue weighted by atomic mass is 9.89. The highest BCUT2D eigenvalue weighted by atomic mass is 79.9. The molecule has 7 atom stereocenters. The number of likely N-dealkylation sites (tertiary alicyclic amines) is 1. The number of unbranched alkanes of at least 4 members (excludes halogenated alkanes) is 1. The molecule has 4 aliphatic heterocycles. The average molecular weight is 991 g/mol. The quantitative estimate of drug-likeness (QED) is 0.0894. The Morgan fingerprint density at radius 1 is 1.03 bits per heavy atom. The average Bonchev–Trinajstić information content (AvgIpc) is 4.13.